The number of methoxy groups -OCH3 is 1. The normalized spacial score (nSPS) is 15.4. The zero-order valence-corrected chi connectivity index (χ0v) is 8.82. The molecule has 1 aromatic carbocycles. The summed E-state index contributed by atoms with van der Waals surface area (Å²) >= 11 is 0. The van der Waals surface area contributed by atoms with Gasteiger partial charge in [-0.25, -0.2) is 0 Å². The molecule has 0 fully saturated rings. The van der Waals surface area contributed by atoms with E-state index in [-0.39, 0.29) is 0 Å². The fourth-order valence-corrected chi connectivity index (χ4v) is 1.35. The molecule has 0 saturated carbocycles. The first kappa shape index (κ1) is 10.8. The van der Waals surface area contributed by atoms with E-state index < -0.39 is 5.60 Å². The Hall–Kier alpha value is -1.28. The van der Waals surface area contributed by atoms with Crippen LogP contribution in [0.3, 0.4) is 0 Å². The molecule has 0 amide bonds. The number of ether oxygens (including phenoxy) is 1. The summed E-state index contributed by atoms with van der Waals surface area (Å²) < 4.78 is 5.04. The smallest absolute Gasteiger partial charge is 0.118 e. The number of hydrogen-bond donors (Lipinski definition) is 1. The molecule has 76 valence electrons. The van der Waals surface area contributed by atoms with E-state index in [2.05, 4.69) is 0 Å². The largest absolute Gasteiger partial charge is 0.497 e. The fraction of sp³-hybridized carbons (Fsp3) is 0.333. The van der Waals surface area contributed by atoms with E-state index in [9.17, 15) is 5.11 Å². The first-order valence-corrected chi connectivity index (χ1v) is 4.61. The van der Waals surface area contributed by atoms with E-state index in [0.717, 1.165) is 11.3 Å². The second kappa shape index (κ2) is 4.29. The highest BCUT2D eigenvalue weighted by Crippen LogP contribution is 2.24. The Balaban J connectivity index is 2.96. The SMILES string of the molecule is C/C=C/C(C)(O)c1ccc(OC)cc1. The van der Waals surface area contributed by atoms with Crippen molar-refractivity contribution in [3.05, 3.63) is 42.0 Å². The van der Waals surface area contributed by atoms with Crippen LogP contribution in [0.4, 0.5) is 0 Å². The summed E-state index contributed by atoms with van der Waals surface area (Å²) in [5, 5.41) is 10.0. The Morgan fingerprint density at radius 1 is 1.29 bits per heavy atom. The van der Waals surface area contributed by atoms with Crippen LogP contribution in [-0.2, 0) is 5.60 Å². The Bertz CT molecular complexity index is 310. The predicted molar refractivity (Wildman–Crippen MR) is 57.4 cm³/mol. The van der Waals surface area contributed by atoms with E-state index in [1.165, 1.54) is 0 Å². The van der Waals surface area contributed by atoms with Crippen molar-refractivity contribution in [2.24, 2.45) is 0 Å². The van der Waals surface area contributed by atoms with Gasteiger partial charge in [-0.3, -0.25) is 0 Å². The molecule has 0 spiro atoms. The molecule has 2 nitrogen and oxygen atoms in total. The Morgan fingerprint density at radius 3 is 2.29 bits per heavy atom. The minimum Gasteiger partial charge on any atom is -0.497 e. The van der Waals surface area contributed by atoms with Gasteiger partial charge >= 0.3 is 0 Å². The standard InChI is InChI=1S/C12H16O2/c1-4-9-12(2,13)10-5-7-11(14-3)8-6-10/h4-9,13H,1-3H3/b9-4+. The monoisotopic (exact) mass is 192 g/mol. The van der Waals surface area contributed by atoms with Crippen LogP contribution >= 0.6 is 0 Å². The lowest BCUT2D eigenvalue weighted by Crippen LogP contribution is -2.17. The van der Waals surface area contributed by atoms with Gasteiger partial charge in [-0.15, -0.1) is 0 Å². The van der Waals surface area contributed by atoms with Crippen molar-refractivity contribution < 1.29 is 9.84 Å². The number of rotatable bonds is 3. The minimum atomic E-state index is -0.902. The van der Waals surface area contributed by atoms with Crippen LogP contribution < -0.4 is 4.74 Å². The number of allylic oxidation sites excluding steroid dienone is 1. The maximum Gasteiger partial charge on any atom is 0.118 e. The quantitative estimate of drug-likeness (QED) is 0.745. The molecule has 14 heavy (non-hydrogen) atoms. The highest BCUT2D eigenvalue weighted by atomic mass is 16.5. The third kappa shape index (κ3) is 2.36. The molecule has 0 aliphatic carbocycles. The molecule has 0 saturated heterocycles. The fourth-order valence-electron chi connectivity index (χ4n) is 1.35. The van der Waals surface area contributed by atoms with Gasteiger partial charge in [0.05, 0.1) is 7.11 Å². The lowest BCUT2D eigenvalue weighted by Gasteiger charge is -2.19. The van der Waals surface area contributed by atoms with E-state index in [1.54, 1.807) is 20.1 Å². The summed E-state index contributed by atoms with van der Waals surface area (Å²) in [4.78, 5) is 0. The zero-order chi connectivity index (χ0) is 10.6. The van der Waals surface area contributed by atoms with Gasteiger partial charge in [0.25, 0.3) is 0 Å². The van der Waals surface area contributed by atoms with Gasteiger partial charge in [0.1, 0.15) is 11.4 Å². The van der Waals surface area contributed by atoms with E-state index >= 15 is 0 Å². The number of hydrogen-bond acceptors (Lipinski definition) is 2. The molecule has 1 atom stereocenters. The van der Waals surface area contributed by atoms with Gasteiger partial charge in [0.2, 0.25) is 0 Å². The highest BCUT2D eigenvalue weighted by molar-refractivity contribution is 5.32. The van der Waals surface area contributed by atoms with Crippen LogP contribution in [0.2, 0.25) is 0 Å². The molecular weight excluding hydrogens is 176 g/mol. The van der Waals surface area contributed by atoms with Gasteiger partial charge in [0.15, 0.2) is 0 Å². The molecule has 0 aliphatic heterocycles. The van der Waals surface area contributed by atoms with Crippen LogP contribution in [0, 0.1) is 0 Å². The minimum absolute atomic E-state index is 0.796. The van der Waals surface area contributed by atoms with Gasteiger partial charge in [0, 0.05) is 0 Å². The van der Waals surface area contributed by atoms with Crippen LogP contribution in [0.5, 0.6) is 5.75 Å². The maximum absolute atomic E-state index is 10.0. The van der Waals surface area contributed by atoms with Crippen LogP contribution in [-0.4, -0.2) is 12.2 Å². The third-order valence-corrected chi connectivity index (χ3v) is 2.17. The second-order valence-electron chi connectivity index (χ2n) is 3.38. The number of aliphatic hydroxyl groups is 1. The third-order valence-electron chi connectivity index (χ3n) is 2.17. The van der Waals surface area contributed by atoms with Crippen molar-refractivity contribution in [3.8, 4) is 5.75 Å². The molecule has 1 rings (SSSR count). The molecule has 2 heteroatoms. The van der Waals surface area contributed by atoms with E-state index in [1.807, 2.05) is 37.3 Å². The van der Waals surface area contributed by atoms with Crippen molar-refractivity contribution in [2.75, 3.05) is 7.11 Å². The van der Waals surface area contributed by atoms with Crippen molar-refractivity contribution in [3.63, 3.8) is 0 Å². The Labute approximate surface area is 84.8 Å². The Kier molecular flexibility index (Phi) is 3.31. The molecular formula is C12H16O2. The second-order valence-corrected chi connectivity index (χ2v) is 3.38. The number of benzene rings is 1. The summed E-state index contributed by atoms with van der Waals surface area (Å²) in [5.74, 6) is 0.796. The van der Waals surface area contributed by atoms with Crippen LogP contribution in [0.25, 0.3) is 0 Å². The van der Waals surface area contributed by atoms with E-state index in [4.69, 9.17) is 4.74 Å². The zero-order valence-electron chi connectivity index (χ0n) is 8.82. The average Bonchev–Trinajstić information content (AvgIpc) is 2.18. The maximum atomic E-state index is 10.0. The van der Waals surface area contributed by atoms with Gasteiger partial charge in [-0.1, -0.05) is 24.3 Å². The van der Waals surface area contributed by atoms with Crippen LogP contribution in [0.1, 0.15) is 19.4 Å². The summed E-state index contributed by atoms with van der Waals surface area (Å²) in [6.07, 6.45) is 3.60. The summed E-state index contributed by atoms with van der Waals surface area (Å²) in [5.41, 5.74) is -0.0440. The molecule has 1 unspecified atom stereocenters. The average molecular weight is 192 g/mol. The molecule has 1 N–H and O–H groups in total. The Morgan fingerprint density at radius 2 is 1.86 bits per heavy atom. The first-order chi connectivity index (χ1) is 6.60. The molecule has 0 heterocycles. The lowest BCUT2D eigenvalue weighted by molar-refractivity contribution is 0.111. The summed E-state index contributed by atoms with van der Waals surface area (Å²) in [7, 11) is 1.62. The van der Waals surface area contributed by atoms with Crippen molar-refractivity contribution in [1.29, 1.82) is 0 Å². The van der Waals surface area contributed by atoms with Crippen molar-refractivity contribution >= 4 is 0 Å². The molecule has 0 aromatic heterocycles. The highest BCUT2D eigenvalue weighted by Gasteiger charge is 2.18. The topological polar surface area (TPSA) is 29.5 Å². The first-order valence-electron chi connectivity index (χ1n) is 4.61. The van der Waals surface area contributed by atoms with Crippen molar-refractivity contribution in [1.82, 2.24) is 0 Å². The van der Waals surface area contributed by atoms with Gasteiger partial charge < -0.3 is 9.84 Å². The van der Waals surface area contributed by atoms with Gasteiger partial charge in [-0.2, -0.15) is 0 Å². The summed E-state index contributed by atoms with van der Waals surface area (Å²) in [6, 6.07) is 7.40. The molecule has 0 aliphatic rings. The lowest BCUT2D eigenvalue weighted by atomic mass is 9.96. The van der Waals surface area contributed by atoms with Crippen LogP contribution in [0.15, 0.2) is 36.4 Å². The van der Waals surface area contributed by atoms with Gasteiger partial charge in [-0.05, 0) is 31.5 Å². The van der Waals surface area contributed by atoms with Crippen molar-refractivity contribution in [2.45, 2.75) is 19.4 Å². The molecule has 0 bridgehead atoms. The molecule has 1 aromatic rings. The van der Waals surface area contributed by atoms with E-state index in [0.29, 0.717) is 0 Å². The molecule has 0 radical (unpaired) electrons. The summed E-state index contributed by atoms with van der Waals surface area (Å²) in [6.45, 7) is 3.65. The predicted octanol–water partition coefficient (Wildman–Crippen LogP) is 2.48.